The van der Waals surface area contributed by atoms with Gasteiger partial charge in [0.05, 0.1) is 18.8 Å². The van der Waals surface area contributed by atoms with Crippen molar-refractivity contribution >= 4 is 0 Å². The first-order chi connectivity index (χ1) is 6.99. The highest BCUT2D eigenvalue weighted by Gasteiger charge is 2.41. The highest BCUT2D eigenvalue weighted by molar-refractivity contribution is 4.97. The van der Waals surface area contributed by atoms with Crippen molar-refractivity contribution in [2.75, 3.05) is 13.2 Å². The number of hydrogen-bond donors (Lipinski definition) is 7. The van der Waals surface area contributed by atoms with E-state index in [4.69, 9.17) is 10.2 Å². The Morgan fingerprint density at radius 1 is 1.13 bits per heavy atom. The third-order valence-electron chi connectivity index (χ3n) is 2.62. The highest BCUT2D eigenvalue weighted by Crippen LogP contribution is 2.15. The number of piperidine rings is 1. The fraction of sp³-hybridized carbons (Fsp3) is 1.00. The average molecular weight is 223 g/mol. The molecule has 0 saturated carbocycles. The molecule has 0 aromatic carbocycles. The van der Waals surface area contributed by atoms with Gasteiger partial charge in [0.25, 0.3) is 0 Å². The Bertz CT molecular complexity index is 200. The Labute approximate surface area is 86.6 Å². The Morgan fingerprint density at radius 2 is 1.73 bits per heavy atom. The molecule has 6 atom stereocenters. The Hall–Kier alpha value is -0.280. The van der Waals surface area contributed by atoms with Crippen molar-refractivity contribution < 1.29 is 30.6 Å². The van der Waals surface area contributed by atoms with Crippen molar-refractivity contribution in [2.45, 2.75) is 36.6 Å². The van der Waals surface area contributed by atoms with Gasteiger partial charge in [0.2, 0.25) is 0 Å². The summed E-state index contributed by atoms with van der Waals surface area (Å²) < 4.78 is 0. The van der Waals surface area contributed by atoms with Gasteiger partial charge in [-0.2, -0.15) is 0 Å². The van der Waals surface area contributed by atoms with Crippen LogP contribution >= 0.6 is 0 Å². The van der Waals surface area contributed by atoms with E-state index in [2.05, 4.69) is 5.32 Å². The molecule has 1 aliphatic heterocycles. The molecule has 0 radical (unpaired) electrons. The van der Waals surface area contributed by atoms with Crippen LogP contribution in [0.1, 0.15) is 0 Å². The van der Waals surface area contributed by atoms with Gasteiger partial charge in [0.1, 0.15) is 24.4 Å². The van der Waals surface area contributed by atoms with Gasteiger partial charge >= 0.3 is 0 Å². The molecule has 1 heterocycles. The van der Waals surface area contributed by atoms with Gasteiger partial charge < -0.3 is 36.0 Å². The van der Waals surface area contributed by atoms with Gasteiger partial charge in [0.15, 0.2) is 0 Å². The maximum atomic E-state index is 9.50. The van der Waals surface area contributed by atoms with E-state index in [0.717, 1.165) is 0 Å². The molecule has 1 rings (SSSR count). The van der Waals surface area contributed by atoms with Crippen LogP contribution in [0.3, 0.4) is 0 Å². The van der Waals surface area contributed by atoms with Gasteiger partial charge in [-0.1, -0.05) is 0 Å². The molecule has 0 aromatic heterocycles. The quantitative estimate of drug-likeness (QED) is 0.258. The Kier molecular flexibility index (Phi) is 4.41. The first-order valence-electron chi connectivity index (χ1n) is 4.73. The molecule has 0 bridgehead atoms. The minimum atomic E-state index is -1.41. The second-order valence-electron chi connectivity index (χ2n) is 3.72. The van der Waals surface area contributed by atoms with E-state index < -0.39 is 43.2 Å². The number of nitrogens with one attached hydrogen (secondary N) is 1. The summed E-state index contributed by atoms with van der Waals surface area (Å²) in [6.45, 7) is -0.650. The van der Waals surface area contributed by atoms with Crippen LogP contribution in [0, 0.1) is 0 Å². The summed E-state index contributed by atoms with van der Waals surface area (Å²) in [4.78, 5) is 0. The predicted molar refractivity (Wildman–Crippen MR) is 48.9 cm³/mol. The van der Waals surface area contributed by atoms with E-state index in [-0.39, 0.29) is 6.54 Å². The summed E-state index contributed by atoms with van der Waals surface area (Å²) in [6, 6.07) is -0.981. The zero-order chi connectivity index (χ0) is 11.6. The van der Waals surface area contributed by atoms with Crippen LogP contribution in [-0.2, 0) is 0 Å². The molecule has 15 heavy (non-hydrogen) atoms. The number of rotatable bonds is 3. The van der Waals surface area contributed by atoms with Crippen LogP contribution in [-0.4, -0.2) is 80.4 Å². The number of β-amino-alcohol motifs (C(OH)–C–C–N with tert-alkyl or cyclic N) is 1. The van der Waals surface area contributed by atoms with Crippen molar-refractivity contribution in [3.8, 4) is 0 Å². The third-order valence-corrected chi connectivity index (χ3v) is 2.62. The zero-order valence-corrected chi connectivity index (χ0v) is 8.06. The van der Waals surface area contributed by atoms with E-state index in [1.54, 1.807) is 0 Å². The van der Waals surface area contributed by atoms with Gasteiger partial charge in [-0.05, 0) is 0 Å². The monoisotopic (exact) mass is 223 g/mol. The summed E-state index contributed by atoms with van der Waals surface area (Å²) in [6.07, 6.45) is -6.71. The Morgan fingerprint density at radius 3 is 2.27 bits per heavy atom. The molecule has 7 nitrogen and oxygen atoms in total. The average Bonchev–Trinajstić information content (AvgIpc) is 2.24. The summed E-state index contributed by atoms with van der Waals surface area (Å²) >= 11 is 0. The lowest BCUT2D eigenvalue weighted by Crippen LogP contribution is -2.65. The standard InChI is InChI=1S/C8H17NO6/c10-2-4(12)6(13)5-8(15)7(14)3(11)1-9-5/h3-15H,1-2H2/t3-,4-,5+,6+,7-,8+/m1/s1. The number of aliphatic hydroxyl groups is 6. The minimum absolute atomic E-state index is 0.00188. The van der Waals surface area contributed by atoms with Crippen molar-refractivity contribution in [1.29, 1.82) is 0 Å². The molecular weight excluding hydrogens is 206 g/mol. The summed E-state index contributed by atoms with van der Waals surface area (Å²) in [5, 5.41) is 57.8. The molecule has 0 spiro atoms. The van der Waals surface area contributed by atoms with Crippen molar-refractivity contribution in [3.05, 3.63) is 0 Å². The van der Waals surface area contributed by atoms with E-state index in [1.807, 2.05) is 0 Å². The summed E-state index contributed by atoms with van der Waals surface area (Å²) in [5.41, 5.74) is 0. The van der Waals surface area contributed by atoms with E-state index in [0.29, 0.717) is 0 Å². The first-order valence-corrected chi connectivity index (χ1v) is 4.73. The molecule has 90 valence electrons. The highest BCUT2D eigenvalue weighted by atomic mass is 16.4. The normalized spacial score (nSPS) is 41.2. The lowest BCUT2D eigenvalue weighted by atomic mass is 9.90. The lowest BCUT2D eigenvalue weighted by molar-refractivity contribution is -0.132. The van der Waals surface area contributed by atoms with E-state index in [1.165, 1.54) is 0 Å². The second-order valence-corrected chi connectivity index (χ2v) is 3.72. The van der Waals surface area contributed by atoms with Gasteiger partial charge in [-0.3, -0.25) is 0 Å². The van der Waals surface area contributed by atoms with Crippen LogP contribution in [0.4, 0.5) is 0 Å². The molecular formula is C8H17NO6. The van der Waals surface area contributed by atoms with Crippen LogP contribution in [0.15, 0.2) is 0 Å². The molecule has 0 amide bonds. The summed E-state index contributed by atoms with van der Waals surface area (Å²) in [5.74, 6) is 0. The molecule has 7 N–H and O–H groups in total. The van der Waals surface area contributed by atoms with Crippen molar-refractivity contribution in [2.24, 2.45) is 0 Å². The molecule has 1 aliphatic rings. The molecule has 1 saturated heterocycles. The van der Waals surface area contributed by atoms with Gasteiger partial charge in [-0.25, -0.2) is 0 Å². The largest absolute Gasteiger partial charge is 0.394 e. The predicted octanol–water partition coefficient (Wildman–Crippen LogP) is -4.24. The third kappa shape index (κ3) is 2.64. The first kappa shape index (κ1) is 12.8. The van der Waals surface area contributed by atoms with Crippen molar-refractivity contribution in [1.82, 2.24) is 5.32 Å². The van der Waals surface area contributed by atoms with E-state index >= 15 is 0 Å². The van der Waals surface area contributed by atoms with Crippen LogP contribution in [0.2, 0.25) is 0 Å². The summed E-state index contributed by atoms with van der Waals surface area (Å²) in [7, 11) is 0. The van der Waals surface area contributed by atoms with Crippen molar-refractivity contribution in [3.63, 3.8) is 0 Å². The molecule has 0 unspecified atom stereocenters. The fourth-order valence-electron chi connectivity index (χ4n) is 1.61. The van der Waals surface area contributed by atoms with Crippen LogP contribution < -0.4 is 5.32 Å². The number of hydrogen-bond acceptors (Lipinski definition) is 7. The van der Waals surface area contributed by atoms with Gasteiger partial charge in [-0.15, -0.1) is 0 Å². The molecule has 0 aliphatic carbocycles. The topological polar surface area (TPSA) is 133 Å². The van der Waals surface area contributed by atoms with Crippen LogP contribution in [0.25, 0.3) is 0 Å². The minimum Gasteiger partial charge on any atom is -0.394 e. The fourth-order valence-corrected chi connectivity index (χ4v) is 1.61. The molecule has 0 aromatic rings. The SMILES string of the molecule is OC[C@@H](O)[C@H](O)[C@@H]1NC[C@@H](O)[C@@H](O)[C@H]1O. The Balaban J connectivity index is 2.62. The number of aliphatic hydroxyl groups excluding tert-OH is 6. The lowest BCUT2D eigenvalue weighted by Gasteiger charge is -2.39. The maximum absolute atomic E-state index is 9.50. The zero-order valence-electron chi connectivity index (χ0n) is 8.06. The van der Waals surface area contributed by atoms with Crippen LogP contribution in [0.5, 0.6) is 0 Å². The second kappa shape index (κ2) is 5.17. The van der Waals surface area contributed by atoms with E-state index in [9.17, 15) is 20.4 Å². The molecule has 7 heteroatoms. The van der Waals surface area contributed by atoms with Gasteiger partial charge in [0, 0.05) is 6.54 Å². The maximum Gasteiger partial charge on any atom is 0.109 e. The smallest absolute Gasteiger partial charge is 0.109 e. The molecule has 1 fully saturated rings.